The Labute approximate surface area is 96.1 Å². The summed E-state index contributed by atoms with van der Waals surface area (Å²) in [5.41, 5.74) is 3.47. The van der Waals surface area contributed by atoms with Crippen LogP contribution in [0.5, 0.6) is 0 Å². The molecule has 2 aromatic heterocycles. The SMILES string of the molecule is CCCn1nccc1-c1ncccc1CC. The highest BCUT2D eigenvalue weighted by atomic mass is 15.3. The molecule has 0 fully saturated rings. The summed E-state index contributed by atoms with van der Waals surface area (Å²) in [6.07, 6.45) is 5.78. The molecule has 16 heavy (non-hydrogen) atoms. The van der Waals surface area contributed by atoms with Crippen LogP contribution in [-0.4, -0.2) is 14.8 Å². The average molecular weight is 215 g/mol. The minimum absolute atomic E-state index is 0.946. The second-order valence-electron chi connectivity index (χ2n) is 3.80. The van der Waals surface area contributed by atoms with Gasteiger partial charge in [-0.25, -0.2) is 0 Å². The fourth-order valence-corrected chi connectivity index (χ4v) is 1.88. The first-order valence-corrected chi connectivity index (χ1v) is 5.82. The third-order valence-corrected chi connectivity index (χ3v) is 2.67. The monoisotopic (exact) mass is 215 g/mol. The van der Waals surface area contributed by atoms with Gasteiger partial charge in [-0.2, -0.15) is 5.10 Å². The van der Waals surface area contributed by atoms with Crippen molar-refractivity contribution in [1.82, 2.24) is 14.8 Å². The molecule has 2 rings (SSSR count). The molecule has 0 N–H and O–H groups in total. The summed E-state index contributed by atoms with van der Waals surface area (Å²) in [7, 11) is 0. The van der Waals surface area contributed by atoms with Crippen molar-refractivity contribution in [2.45, 2.75) is 33.2 Å². The molecule has 0 saturated heterocycles. The van der Waals surface area contributed by atoms with E-state index in [9.17, 15) is 0 Å². The second-order valence-corrected chi connectivity index (χ2v) is 3.80. The van der Waals surface area contributed by atoms with Gasteiger partial charge in [-0.3, -0.25) is 9.67 Å². The minimum Gasteiger partial charge on any atom is -0.263 e. The van der Waals surface area contributed by atoms with Gasteiger partial charge in [0.1, 0.15) is 0 Å². The molecule has 0 atom stereocenters. The Morgan fingerprint density at radius 3 is 2.81 bits per heavy atom. The molecule has 0 unspecified atom stereocenters. The first-order valence-electron chi connectivity index (χ1n) is 5.82. The fourth-order valence-electron chi connectivity index (χ4n) is 1.88. The third-order valence-electron chi connectivity index (χ3n) is 2.67. The Morgan fingerprint density at radius 1 is 1.19 bits per heavy atom. The van der Waals surface area contributed by atoms with Gasteiger partial charge < -0.3 is 0 Å². The summed E-state index contributed by atoms with van der Waals surface area (Å²) in [5.74, 6) is 0. The zero-order valence-electron chi connectivity index (χ0n) is 9.85. The average Bonchev–Trinajstić information content (AvgIpc) is 2.77. The maximum Gasteiger partial charge on any atom is 0.0914 e. The van der Waals surface area contributed by atoms with Gasteiger partial charge in [0, 0.05) is 18.9 Å². The maximum absolute atomic E-state index is 4.47. The number of nitrogens with zero attached hydrogens (tertiary/aromatic N) is 3. The molecule has 0 aromatic carbocycles. The van der Waals surface area contributed by atoms with E-state index in [4.69, 9.17) is 0 Å². The van der Waals surface area contributed by atoms with Gasteiger partial charge in [-0.1, -0.05) is 19.9 Å². The first-order chi connectivity index (χ1) is 7.86. The van der Waals surface area contributed by atoms with Gasteiger partial charge in [0.2, 0.25) is 0 Å². The second kappa shape index (κ2) is 4.92. The normalized spacial score (nSPS) is 10.6. The fraction of sp³-hybridized carbons (Fsp3) is 0.385. The Kier molecular flexibility index (Phi) is 3.34. The van der Waals surface area contributed by atoms with E-state index in [2.05, 4.69) is 30.0 Å². The van der Waals surface area contributed by atoms with E-state index < -0.39 is 0 Å². The molecule has 0 bridgehead atoms. The van der Waals surface area contributed by atoms with Crippen LogP contribution in [-0.2, 0) is 13.0 Å². The molecule has 0 radical (unpaired) electrons. The molecule has 2 heterocycles. The zero-order chi connectivity index (χ0) is 11.4. The van der Waals surface area contributed by atoms with E-state index in [1.807, 2.05) is 29.2 Å². The molecule has 0 aliphatic rings. The predicted molar refractivity (Wildman–Crippen MR) is 65.1 cm³/mol. The van der Waals surface area contributed by atoms with Crippen LogP contribution in [0.25, 0.3) is 11.4 Å². The molecule has 0 aliphatic carbocycles. The standard InChI is InChI=1S/C13H17N3/c1-3-10-16-12(7-9-15-16)13-11(4-2)6-5-8-14-13/h5-9H,3-4,10H2,1-2H3. The Morgan fingerprint density at radius 2 is 2.06 bits per heavy atom. The van der Waals surface area contributed by atoms with E-state index in [1.165, 1.54) is 5.56 Å². The van der Waals surface area contributed by atoms with Crippen molar-refractivity contribution in [3.63, 3.8) is 0 Å². The van der Waals surface area contributed by atoms with Crippen molar-refractivity contribution >= 4 is 0 Å². The topological polar surface area (TPSA) is 30.7 Å². The van der Waals surface area contributed by atoms with E-state index in [-0.39, 0.29) is 0 Å². The molecule has 0 spiro atoms. The lowest BCUT2D eigenvalue weighted by Crippen LogP contribution is -2.03. The summed E-state index contributed by atoms with van der Waals surface area (Å²) in [4.78, 5) is 4.47. The molecule has 84 valence electrons. The lowest BCUT2D eigenvalue weighted by atomic mass is 10.1. The van der Waals surface area contributed by atoms with Crippen molar-refractivity contribution in [1.29, 1.82) is 0 Å². The van der Waals surface area contributed by atoms with Crippen LogP contribution in [0.2, 0.25) is 0 Å². The predicted octanol–water partition coefficient (Wildman–Crippen LogP) is 2.92. The highest BCUT2D eigenvalue weighted by Crippen LogP contribution is 2.21. The number of rotatable bonds is 4. The number of aryl methyl sites for hydroxylation is 2. The van der Waals surface area contributed by atoms with Crippen LogP contribution in [0, 0.1) is 0 Å². The maximum atomic E-state index is 4.47. The lowest BCUT2D eigenvalue weighted by molar-refractivity contribution is 0.607. The van der Waals surface area contributed by atoms with Gasteiger partial charge in [0.25, 0.3) is 0 Å². The van der Waals surface area contributed by atoms with E-state index >= 15 is 0 Å². The Bertz CT molecular complexity index is 460. The van der Waals surface area contributed by atoms with Crippen LogP contribution in [0.4, 0.5) is 0 Å². The van der Waals surface area contributed by atoms with Crippen molar-refractivity contribution in [2.24, 2.45) is 0 Å². The van der Waals surface area contributed by atoms with Crippen molar-refractivity contribution in [3.8, 4) is 11.4 Å². The summed E-state index contributed by atoms with van der Waals surface area (Å²) in [6, 6.07) is 6.16. The van der Waals surface area contributed by atoms with E-state index in [0.717, 1.165) is 30.8 Å². The van der Waals surface area contributed by atoms with Crippen LogP contribution < -0.4 is 0 Å². The van der Waals surface area contributed by atoms with Gasteiger partial charge in [0.05, 0.1) is 11.4 Å². The van der Waals surface area contributed by atoms with Gasteiger partial charge in [-0.15, -0.1) is 0 Å². The third kappa shape index (κ3) is 1.98. The Hall–Kier alpha value is -1.64. The van der Waals surface area contributed by atoms with Crippen molar-refractivity contribution in [2.75, 3.05) is 0 Å². The van der Waals surface area contributed by atoms with Crippen molar-refractivity contribution < 1.29 is 0 Å². The highest BCUT2D eigenvalue weighted by Gasteiger charge is 2.09. The van der Waals surface area contributed by atoms with Gasteiger partial charge >= 0.3 is 0 Å². The molecule has 3 nitrogen and oxygen atoms in total. The molecule has 2 aromatic rings. The molecular weight excluding hydrogens is 198 g/mol. The quantitative estimate of drug-likeness (QED) is 0.785. The summed E-state index contributed by atoms with van der Waals surface area (Å²) in [6.45, 7) is 5.26. The van der Waals surface area contributed by atoms with Crippen LogP contribution in [0.3, 0.4) is 0 Å². The number of hydrogen-bond donors (Lipinski definition) is 0. The van der Waals surface area contributed by atoms with E-state index in [1.54, 1.807) is 0 Å². The summed E-state index contributed by atoms with van der Waals surface area (Å²) in [5, 5.41) is 4.33. The molecule has 0 amide bonds. The lowest BCUT2D eigenvalue weighted by Gasteiger charge is -2.08. The summed E-state index contributed by atoms with van der Waals surface area (Å²) < 4.78 is 2.03. The number of hydrogen-bond acceptors (Lipinski definition) is 2. The number of pyridine rings is 1. The zero-order valence-corrected chi connectivity index (χ0v) is 9.85. The van der Waals surface area contributed by atoms with E-state index in [0.29, 0.717) is 0 Å². The smallest absolute Gasteiger partial charge is 0.0914 e. The molecular formula is C13H17N3. The van der Waals surface area contributed by atoms with Crippen molar-refractivity contribution in [3.05, 3.63) is 36.2 Å². The van der Waals surface area contributed by atoms with Crippen LogP contribution in [0.15, 0.2) is 30.6 Å². The first kappa shape index (κ1) is 10.9. The van der Waals surface area contributed by atoms with Crippen LogP contribution >= 0.6 is 0 Å². The molecule has 0 aliphatic heterocycles. The molecule has 3 heteroatoms. The highest BCUT2D eigenvalue weighted by molar-refractivity contribution is 5.58. The largest absolute Gasteiger partial charge is 0.263 e. The van der Waals surface area contributed by atoms with Gasteiger partial charge in [0.15, 0.2) is 0 Å². The Balaban J connectivity index is 2.45. The number of aromatic nitrogens is 3. The summed E-state index contributed by atoms with van der Waals surface area (Å²) >= 11 is 0. The minimum atomic E-state index is 0.946. The molecule has 0 saturated carbocycles. The van der Waals surface area contributed by atoms with Gasteiger partial charge in [-0.05, 0) is 30.5 Å². The van der Waals surface area contributed by atoms with Crippen LogP contribution in [0.1, 0.15) is 25.8 Å².